The molecule has 0 aliphatic rings. The van der Waals surface area contributed by atoms with E-state index in [4.69, 9.17) is 23.2 Å². The van der Waals surface area contributed by atoms with Gasteiger partial charge in [-0.05, 0) is 54.0 Å². The van der Waals surface area contributed by atoms with Crippen LogP contribution in [0.1, 0.15) is 18.1 Å². The summed E-state index contributed by atoms with van der Waals surface area (Å²) < 4.78 is 1.72. The van der Waals surface area contributed by atoms with Gasteiger partial charge in [-0.25, -0.2) is 9.67 Å². The number of hydrogen-bond donors (Lipinski definition) is 0. The van der Waals surface area contributed by atoms with Gasteiger partial charge >= 0.3 is 0 Å². The second-order valence-corrected chi connectivity index (χ2v) is 5.62. The van der Waals surface area contributed by atoms with Crippen molar-refractivity contribution in [3.05, 3.63) is 82.4 Å². The van der Waals surface area contributed by atoms with Crippen molar-refractivity contribution in [3.63, 3.8) is 0 Å². The third-order valence-corrected chi connectivity index (χ3v) is 3.76. The normalized spacial score (nSPS) is 11.7. The molecule has 3 rings (SSSR count). The molecule has 0 unspecified atom stereocenters. The molecule has 1 heterocycles. The largest absolute Gasteiger partial charge is 0.223 e. The fourth-order valence-electron chi connectivity index (χ4n) is 2.34. The summed E-state index contributed by atoms with van der Waals surface area (Å²) in [5, 5.41) is 5.37. The zero-order chi connectivity index (χ0) is 15.5. The van der Waals surface area contributed by atoms with Crippen molar-refractivity contribution in [2.75, 3.05) is 0 Å². The molecule has 22 heavy (non-hydrogen) atoms. The van der Waals surface area contributed by atoms with Gasteiger partial charge < -0.3 is 0 Å². The number of nitrogens with zero attached hydrogens (tertiary/aromatic N) is 3. The molecule has 0 radical (unpaired) electrons. The van der Waals surface area contributed by atoms with Crippen LogP contribution in [0.25, 0.3) is 11.3 Å². The lowest BCUT2D eigenvalue weighted by atomic mass is 9.97. The average Bonchev–Trinajstić information content (AvgIpc) is 3.02. The van der Waals surface area contributed by atoms with Crippen molar-refractivity contribution in [1.29, 1.82) is 0 Å². The quantitative estimate of drug-likeness (QED) is 0.675. The Balaban J connectivity index is 1.98. The van der Waals surface area contributed by atoms with E-state index in [1.54, 1.807) is 17.1 Å². The molecule has 110 valence electrons. The number of halogens is 2. The third-order valence-electron chi connectivity index (χ3n) is 3.32. The fourth-order valence-corrected chi connectivity index (χ4v) is 2.87. The molecular formula is C17H13Cl2N3. The zero-order valence-electron chi connectivity index (χ0n) is 11.9. The van der Waals surface area contributed by atoms with Gasteiger partial charge in [-0.15, -0.1) is 0 Å². The van der Waals surface area contributed by atoms with Gasteiger partial charge in [0.05, 0.1) is 5.69 Å². The lowest BCUT2D eigenvalue weighted by Gasteiger charge is -2.10. The van der Waals surface area contributed by atoms with Crippen LogP contribution < -0.4 is 0 Å². The zero-order valence-corrected chi connectivity index (χ0v) is 13.4. The topological polar surface area (TPSA) is 30.7 Å². The molecule has 2 aromatic carbocycles. The fraction of sp³-hybridized carbons (Fsp3) is 0.0588. The van der Waals surface area contributed by atoms with Crippen molar-refractivity contribution >= 4 is 28.8 Å². The first kappa shape index (κ1) is 14.8. The van der Waals surface area contributed by atoms with Gasteiger partial charge in [-0.2, -0.15) is 5.10 Å². The molecule has 0 amide bonds. The maximum atomic E-state index is 6.10. The lowest BCUT2D eigenvalue weighted by Crippen LogP contribution is -1.95. The molecule has 3 aromatic rings. The van der Waals surface area contributed by atoms with Crippen LogP contribution in [0.2, 0.25) is 10.0 Å². The molecule has 1 aromatic heterocycles. The Labute approximate surface area is 138 Å². The maximum absolute atomic E-state index is 6.10. The van der Waals surface area contributed by atoms with Crippen LogP contribution in [0.5, 0.6) is 0 Å². The first-order valence-electron chi connectivity index (χ1n) is 6.75. The van der Waals surface area contributed by atoms with Crippen LogP contribution in [-0.4, -0.2) is 14.8 Å². The van der Waals surface area contributed by atoms with Gasteiger partial charge in [0.25, 0.3) is 0 Å². The molecule has 0 N–H and O–H groups in total. The SMILES string of the molecule is C/C=C(\c1ccc(-n2cncn2)cc1)c1cc(Cl)cc(Cl)c1. The Kier molecular flexibility index (Phi) is 4.27. The Hall–Kier alpha value is -2.10. The van der Waals surface area contributed by atoms with E-state index in [2.05, 4.69) is 10.1 Å². The van der Waals surface area contributed by atoms with Crippen LogP contribution >= 0.6 is 23.2 Å². The molecule has 0 saturated carbocycles. The molecule has 0 fully saturated rings. The second-order valence-electron chi connectivity index (χ2n) is 4.75. The number of rotatable bonds is 3. The van der Waals surface area contributed by atoms with Gasteiger partial charge in [-0.1, -0.05) is 41.4 Å². The summed E-state index contributed by atoms with van der Waals surface area (Å²) in [6.07, 6.45) is 5.23. The second kappa shape index (κ2) is 6.34. The van der Waals surface area contributed by atoms with Crippen LogP contribution in [0.15, 0.2) is 61.2 Å². The molecule has 0 aliphatic heterocycles. The summed E-state index contributed by atoms with van der Waals surface area (Å²) in [6.45, 7) is 2.00. The number of allylic oxidation sites excluding steroid dienone is 1. The van der Waals surface area contributed by atoms with E-state index in [-0.39, 0.29) is 0 Å². The smallest absolute Gasteiger partial charge is 0.138 e. The van der Waals surface area contributed by atoms with E-state index >= 15 is 0 Å². The number of hydrogen-bond acceptors (Lipinski definition) is 2. The maximum Gasteiger partial charge on any atom is 0.138 e. The average molecular weight is 330 g/mol. The summed E-state index contributed by atoms with van der Waals surface area (Å²) in [4.78, 5) is 3.95. The van der Waals surface area contributed by atoms with Crippen LogP contribution in [-0.2, 0) is 0 Å². The van der Waals surface area contributed by atoms with Gasteiger partial charge in [0.2, 0.25) is 0 Å². The van der Waals surface area contributed by atoms with Gasteiger partial charge in [0.15, 0.2) is 0 Å². The number of benzene rings is 2. The van der Waals surface area contributed by atoms with Crippen LogP contribution in [0, 0.1) is 0 Å². The first-order chi connectivity index (χ1) is 10.7. The van der Waals surface area contributed by atoms with Gasteiger partial charge in [0.1, 0.15) is 12.7 Å². The summed E-state index contributed by atoms with van der Waals surface area (Å²) in [7, 11) is 0. The minimum atomic E-state index is 0.626. The van der Waals surface area contributed by atoms with Crippen molar-refractivity contribution in [3.8, 4) is 5.69 Å². The molecule has 0 atom stereocenters. The Morgan fingerprint density at radius 1 is 1.00 bits per heavy atom. The molecule has 5 heteroatoms. The van der Waals surface area contributed by atoms with E-state index < -0.39 is 0 Å². The van der Waals surface area contributed by atoms with Crippen molar-refractivity contribution in [2.45, 2.75) is 6.92 Å². The van der Waals surface area contributed by atoms with E-state index in [1.807, 2.05) is 49.4 Å². The van der Waals surface area contributed by atoms with Crippen LogP contribution in [0.3, 0.4) is 0 Å². The minimum Gasteiger partial charge on any atom is -0.223 e. The Morgan fingerprint density at radius 2 is 1.68 bits per heavy atom. The summed E-state index contributed by atoms with van der Waals surface area (Å²) in [6, 6.07) is 13.6. The molecule has 0 aliphatic carbocycles. The molecule has 0 spiro atoms. The summed E-state index contributed by atoms with van der Waals surface area (Å²) in [5.74, 6) is 0. The highest BCUT2D eigenvalue weighted by atomic mass is 35.5. The van der Waals surface area contributed by atoms with E-state index in [1.165, 1.54) is 6.33 Å². The standard InChI is InChI=1S/C17H13Cl2N3/c1-2-17(13-7-14(18)9-15(19)8-13)12-3-5-16(6-4-12)22-11-20-10-21-22/h2-11H,1H3/b17-2+. The highest BCUT2D eigenvalue weighted by Gasteiger charge is 2.07. The predicted octanol–water partition coefficient (Wildman–Crippen LogP) is 5.03. The van der Waals surface area contributed by atoms with Gasteiger partial charge in [-0.3, -0.25) is 0 Å². The van der Waals surface area contributed by atoms with Gasteiger partial charge in [0, 0.05) is 10.0 Å². The van der Waals surface area contributed by atoms with E-state index in [0.29, 0.717) is 10.0 Å². The summed E-state index contributed by atoms with van der Waals surface area (Å²) >= 11 is 12.2. The first-order valence-corrected chi connectivity index (χ1v) is 7.51. The van der Waals surface area contributed by atoms with Crippen LogP contribution in [0.4, 0.5) is 0 Å². The van der Waals surface area contributed by atoms with E-state index in [9.17, 15) is 0 Å². The molecule has 3 nitrogen and oxygen atoms in total. The van der Waals surface area contributed by atoms with Crippen molar-refractivity contribution in [1.82, 2.24) is 14.8 Å². The molecule has 0 bridgehead atoms. The highest BCUT2D eigenvalue weighted by molar-refractivity contribution is 6.34. The Morgan fingerprint density at radius 3 is 2.23 bits per heavy atom. The third kappa shape index (κ3) is 3.06. The lowest BCUT2D eigenvalue weighted by molar-refractivity contribution is 0.879. The van der Waals surface area contributed by atoms with Crippen molar-refractivity contribution < 1.29 is 0 Å². The summed E-state index contributed by atoms with van der Waals surface area (Å²) in [5.41, 5.74) is 4.12. The predicted molar refractivity (Wildman–Crippen MR) is 90.6 cm³/mol. The number of aromatic nitrogens is 3. The van der Waals surface area contributed by atoms with E-state index in [0.717, 1.165) is 22.4 Å². The molecular weight excluding hydrogens is 317 g/mol. The van der Waals surface area contributed by atoms with Crippen molar-refractivity contribution in [2.24, 2.45) is 0 Å². The highest BCUT2D eigenvalue weighted by Crippen LogP contribution is 2.29. The monoisotopic (exact) mass is 329 g/mol. The molecule has 0 saturated heterocycles. The minimum absolute atomic E-state index is 0.626. The Bertz CT molecular complexity index is 786.